The predicted molar refractivity (Wildman–Crippen MR) is 35.7 cm³/mol. The second kappa shape index (κ2) is 2.84. The number of hydrogen-bond donors (Lipinski definition) is 1. The van der Waals surface area contributed by atoms with Crippen molar-refractivity contribution >= 4 is 5.97 Å². The number of carboxylic acids is 1. The fraction of sp³-hybridized carbons (Fsp3) is 0.571. The molecule has 0 amide bonds. The van der Waals surface area contributed by atoms with E-state index >= 15 is 0 Å². The van der Waals surface area contributed by atoms with Crippen molar-refractivity contribution in [1.29, 1.82) is 0 Å². The molecule has 1 unspecified atom stereocenters. The molecule has 0 aromatic heterocycles. The zero-order valence-electron chi connectivity index (χ0n) is 5.83. The van der Waals surface area contributed by atoms with Crippen LogP contribution in [0.15, 0.2) is 11.6 Å². The SMILES string of the molecule is CC1=CCOC(C(=O)O)C1. The zero-order valence-corrected chi connectivity index (χ0v) is 5.83. The molecule has 1 N–H and O–H groups in total. The van der Waals surface area contributed by atoms with Crippen molar-refractivity contribution in [3.05, 3.63) is 11.6 Å². The Morgan fingerprint density at radius 1 is 1.90 bits per heavy atom. The number of carbonyl (C=O) groups is 1. The molecule has 0 aromatic carbocycles. The first kappa shape index (κ1) is 7.28. The van der Waals surface area contributed by atoms with Crippen molar-refractivity contribution in [3.63, 3.8) is 0 Å². The molecule has 0 fully saturated rings. The highest BCUT2D eigenvalue weighted by molar-refractivity contribution is 5.72. The third kappa shape index (κ3) is 1.57. The molecular weight excluding hydrogens is 132 g/mol. The van der Waals surface area contributed by atoms with Crippen LogP contribution in [-0.4, -0.2) is 23.8 Å². The summed E-state index contributed by atoms with van der Waals surface area (Å²) in [5.74, 6) is -0.868. The van der Waals surface area contributed by atoms with Gasteiger partial charge < -0.3 is 9.84 Å². The molecule has 0 aliphatic carbocycles. The Balaban J connectivity index is 2.53. The molecule has 1 heterocycles. The lowest BCUT2D eigenvalue weighted by Crippen LogP contribution is -2.26. The van der Waals surface area contributed by atoms with E-state index in [2.05, 4.69) is 0 Å². The number of carboxylic acid groups (broad SMARTS) is 1. The number of aliphatic carboxylic acids is 1. The summed E-state index contributed by atoms with van der Waals surface area (Å²) < 4.78 is 4.93. The van der Waals surface area contributed by atoms with Crippen molar-refractivity contribution < 1.29 is 14.6 Å². The zero-order chi connectivity index (χ0) is 7.56. The number of hydrogen-bond acceptors (Lipinski definition) is 2. The lowest BCUT2D eigenvalue weighted by atomic mass is 10.1. The van der Waals surface area contributed by atoms with Gasteiger partial charge in [0.15, 0.2) is 6.10 Å². The minimum atomic E-state index is -0.868. The Labute approximate surface area is 59.3 Å². The Morgan fingerprint density at radius 2 is 2.60 bits per heavy atom. The van der Waals surface area contributed by atoms with Crippen molar-refractivity contribution in [2.45, 2.75) is 19.4 Å². The third-order valence-corrected chi connectivity index (χ3v) is 1.51. The van der Waals surface area contributed by atoms with E-state index in [-0.39, 0.29) is 0 Å². The van der Waals surface area contributed by atoms with Crippen LogP contribution in [0.3, 0.4) is 0 Å². The van der Waals surface area contributed by atoms with Gasteiger partial charge in [-0.25, -0.2) is 4.79 Å². The molecule has 0 saturated carbocycles. The van der Waals surface area contributed by atoms with E-state index in [4.69, 9.17) is 9.84 Å². The van der Waals surface area contributed by atoms with Crippen molar-refractivity contribution in [3.8, 4) is 0 Å². The van der Waals surface area contributed by atoms with Gasteiger partial charge in [0.2, 0.25) is 0 Å². The largest absolute Gasteiger partial charge is 0.479 e. The lowest BCUT2D eigenvalue weighted by molar-refractivity contribution is -0.150. The first-order valence-corrected chi connectivity index (χ1v) is 3.20. The molecule has 1 aliphatic rings. The van der Waals surface area contributed by atoms with E-state index in [1.807, 2.05) is 13.0 Å². The molecule has 0 radical (unpaired) electrons. The van der Waals surface area contributed by atoms with Gasteiger partial charge >= 0.3 is 5.97 Å². The summed E-state index contributed by atoms with van der Waals surface area (Å²) in [6, 6.07) is 0. The smallest absolute Gasteiger partial charge is 0.333 e. The van der Waals surface area contributed by atoms with E-state index in [9.17, 15) is 4.79 Å². The van der Waals surface area contributed by atoms with Gasteiger partial charge in [-0.05, 0) is 6.92 Å². The first-order chi connectivity index (χ1) is 4.70. The summed E-state index contributed by atoms with van der Waals surface area (Å²) in [5, 5.41) is 8.50. The van der Waals surface area contributed by atoms with Crippen LogP contribution in [0.2, 0.25) is 0 Å². The van der Waals surface area contributed by atoms with Crippen LogP contribution in [0.25, 0.3) is 0 Å². The van der Waals surface area contributed by atoms with E-state index in [1.54, 1.807) is 0 Å². The average molecular weight is 142 g/mol. The van der Waals surface area contributed by atoms with Gasteiger partial charge in [0.1, 0.15) is 0 Å². The summed E-state index contributed by atoms with van der Waals surface area (Å²) in [6.07, 6.45) is 1.80. The first-order valence-electron chi connectivity index (χ1n) is 3.20. The van der Waals surface area contributed by atoms with Crippen LogP contribution in [0, 0.1) is 0 Å². The topological polar surface area (TPSA) is 46.5 Å². The molecule has 0 spiro atoms. The van der Waals surface area contributed by atoms with Crippen LogP contribution >= 0.6 is 0 Å². The summed E-state index contributed by atoms with van der Waals surface area (Å²) in [5.41, 5.74) is 1.10. The van der Waals surface area contributed by atoms with Gasteiger partial charge in [-0.1, -0.05) is 11.6 Å². The highest BCUT2D eigenvalue weighted by Crippen LogP contribution is 2.13. The fourth-order valence-electron chi connectivity index (χ4n) is 0.900. The molecule has 0 aromatic rings. The Hall–Kier alpha value is -0.830. The summed E-state index contributed by atoms with van der Waals surface area (Å²) in [7, 11) is 0. The Morgan fingerprint density at radius 3 is 3.00 bits per heavy atom. The van der Waals surface area contributed by atoms with Crippen LogP contribution < -0.4 is 0 Å². The lowest BCUT2D eigenvalue weighted by Gasteiger charge is -2.17. The molecule has 1 atom stereocenters. The Bertz CT molecular complexity index is 172. The van der Waals surface area contributed by atoms with E-state index < -0.39 is 12.1 Å². The van der Waals surface area contributed by atoms with Crippen LogP contribution in [0.4, 0.5) is 0 Å². The molecule has 56 valence electrons. The second-order valence-electron chi connectivity index (χ2n) is 2.41. The molecule has 0 saturated heterocycles. The molecule has 3 heteroatoms. The van der Waals surface area contributed by atoms with Crippen LogP contribution in [0.1, 0.15) is 13.3 Å². The molecular formula is C7H10O3. The molecule has 10 heavy (non-hydrogen) atoms. The minimum absolute atomic E-state index is 0.433. The third-order valence-electron chi connectivity index (χ3n) is 1.51. The fourth-order valence-corrected chi connectivity index (χ4v) is 0.900. The monoisotopic (exact) mass is 142 g/mol. The quantitative estimate of drug-likeness (QED) is 0.551. The minimum Gasteiger partial charge on any atom is -0.479 e. The molecule has 1 aliphatic heterocycles. The molecule has 0 bridgehead atoms. The van der Waals surface area contributed by atoms with Gasteiger partial charge in [0.25, 0.3) is 0 Å². The average Bonchev–Trinajstić information content (AvgIpc) is 1.88. The van der Waals surface area contributed by atoms with Gasteiger partial charge in [0.05, 0.1) is 6.61 Å². The van der Waals surface area contributed by atoms with Crippen molar-refractivity contribution in [1.82, 2.24) is 0 Å². The summed E-state index contributed by atoms with van der Waals surface area (Å²) in [6.45, 7) is 2.35. The number of ether oxygens (including phenoxy) is 1. The van der Waals surface area contributed by atoms with Crippen LogP contribution in [0.5, 0.6) is 0 Å². The maximum Gasteiger partial charge on any atom is 0.333 e. The van der Waals surface area contributed by atoms with E-state index in [1.165, 1.54) is 0 Å². The standard InChI is InChI=1S/C7H10O3/c1-5-2-3-10-6(4-5)7(8)9/h2,6H,3-4H2,1H3,(H,8,9). The van der Waals surface area contributed by atoms with Gasteiger partial charge in [-0.2, -0.15) is 0 Å². The van der Waals surface area contributed by atoms with E-state index in [0.717, 1.165) is 5.57 Å². The number of rotatable bonds is 1. The van der Waals surface area contributed by atoms with Crippen LogP contribution in [-0.2, 0) is 9.53 Å². The summed E-state index contributed by atoms with van der Waals surface area (Å²) in [4.78, 5) is 10.3. The van der Waals surface area contributed by atoms with E-state index in [0.29, 0.717) is 13.0 Å². The van der Waals surface area contributed by atoms with Crippen molar-refractivity contribution in [2.24, 2.45) is 0 Å². The Kier molecular flexibility index (Phi) is 2.06. The highest BCUT2D eigenvalue weighted by Gasteiger charge is 2.20. The highest BCUT2D eigenvalue weighted by atomic mass is 16.5. The summed E-state index contributed by atoms with van der Waals surface area (Å²) >= 11 is 0. The second-order valence-corrected chi connectivity index (χ2v) is 2.41. The van der Waals surface area contributed by atoms with Gasteiger partial charge in [-0.3, -0.25) is 0 Å². The van der Waals surface area contributed by atoms with Gasteiger partial charge in [-0.15, -0.1) is 0 Å². The van der Waals surface area contributed by atoms with Crippen molar-refractivity contribution in [2.75, 3.05) is 6.61 Å². The molecule has 1 rings (SSSR count). The predicted octanol–water partition coefficient (Wildman–Crippen LogP) is 0.806. The molecule has 3 nitrogen and oxygen atoms in total. The van der Waals surface area contributed by atoms with Gasteiger partial charge in [0, 0.05) is 6.42 Å². The maximum atomic E-state index is 10.3. The normalized spacial score (nSPS) is 25.7. The maximum absolute atomic E-state index is 10.3.